The lowest BCUT2D eigenvalue weighted by atomic mass is 10.2. The molecule has 0 spiro atoms. The summed E-state index contributed by atoms with van der Waals surface area (Å²) >= 11 is 5.80. The molecule has 0 aliphatic carbocycles. The molecule has 1 amide bonds. The summed E-state index contributed by atoms with van der Waals surface area (Å²) in [5, 5.41) is 11.8. The maximum Gasteiger partial charge on any atom is 0.359 e. The molecule has 0 aliphatic rings. The smallest absolute Gasteiger partial charge is 0.359 e. The summed E-state index contributed by atoms with van der Waals surface area (Å²) in [6, 6.07) is 6.36. The molecule has 0 aliphatic heterocycles. The number of amides is 1. The minimum absolute atomic E-state index is 0.00392. The minimum atomic E-state index is -0.769. The zero-order valence-corrected chi connectivity index (χ0v) is 11.9. The Balaban J connectivity index is 1.95. The first kappa shape index (κ1) is 15.4. The van der Waals surface area contributed by atoms with Crippen LogP contribution in [0, 0.1) is 11.3 Å². The number of nitriles is 1. The van der Waals surface area contributed by atoms with Gasteiger partial charge in [0.1, 0.15) is 6.07 Å². The molecule has 0 radical (unpaired) electrons. The lowest BCUT2D eigenvalue weighted by Crippen LogP contribution is -2.21. The van der Waals surface area contributed by atoms with Crippen molar-refractivity contribution in [2.75, 3.05) is 11.9 Å². The molecule has 0 saturated carbocycles. The maximum absolute atomic E-state index is 11.8. The summed E-state index contributed by atoms with van der Waals surface area (Å²) < 4.78 is 4.80. The molecule has 0 fully saturated rings. The van der Waals surface area contributed by atoms with Crippen molar-refractivity contribution in [1.29, 1.82) is 5.26 Å². The second-order valence-corrected chi connectivity index (χ2v) is 4.45. The van der Waals surface area contributed by atoms with Crippen molar-refractivity contribution in [2.45, 2.75) is 0 Å². The van der Waals surface area contributed by atoms with Crippen molar-refractivity contribution in [3.05, 3.63) is 53.1 Å². The highest BCUT2D eigenvalue weighted by molar-refractivity contribution is 6.31. The van der Waals surface area contributed by atoms with E-state index in [0.717, 1.165) is 0 Å². The average molecular weight is 317 g/mol. The van der Waals surface area contributed by atoms with Crippen molar-refractivity contribution in [3.8, 4) is 6.07 Å². The van der Waals surface area contributed by atoms with E-state index in [0.29, 0.717) is 5.02 Å². The Morgan fingerprint density at radius 3 is 2.86 bits per heavy atom. The van der Waals surface area contributed by atoms with Gasteiger partial charge in [0, 0.05) is 17.4 Å². The zero-order valence-electron chi connectivity index (χ0n) is 11.1. The molecule has 1 aromatic carbocycles. The number of aromatic nitrogens is 2. The van der Waals surface area contributed by atoms with E-state index in [4.69, 9.17) is 21.6 Å². The van der Waals surface area contributed by atoms with E-state index >= 15 is 0 Å². The van der Waals surface area contributed by atoms with Crippen LogP contribution in [0.4, 0.5) is 5.69 Å². The number of hydrogen-bond donors (Lipinski definition) is 1. The quantitative estimate of drug-likeness (QED) is 0.862. The molecule has 1 heterocycles. The fraction of sp³-hybridized carbons (Fsp3) is 0.0714. The molecular weight excluding hydrogens is 308 g/mol. The Bertz CT molecular complexity index is 743. The number of ether oxygens (including phenoxy) is 1. The van der Waals surface area contributed by atoms with E-state index in [2.05, 4.69) is 15.3 Å². The minimum Gasteiger partial charge on any atom is -0.451 e. The van der Waals surface area contributed by atoms with Crippen LogP contribution in [0.15, 0.2) is 36.8 Å². The number of anilines is 1. The number of esters is 1. The van der Waals surface area contributed by atoms with Gasteiger partial charge in [-0.1, -0.05) is 11.6 Å². The van der Waals surface area contributed by atoms with Gasteiger partial charge in [0.25, 0.3) is 5.91 Å². The van der Waals surface area contributed by atoms with Gasteiger partial charge in [-0.15, -0.1) is 0 Å². The molecule has 1 N–H and O–H groups in total. The fourth-order valence-corrected chi connectivity index (χ4v) is 1.69. The molecule has 8 heteroatoms. The fourth-order valence-electron chi connectivity index (χ4n) is 1.51. The SMILES string of the molecule is N#Cc1ccc(Cl)cc1NC(=O)COC(=O)c1cnccn1. The molecule has 110 valence electrons. The van der Waals surface area contributed by atoms with Gasteiger partial charge in [0.05, 0.1) is 17.4 Å². The molecule has 2 rings (SSSR count). The Hall–Kier alpha value is -2.98. The number of carbonyl (C=O) groups is 2. The highest BCUT2D eigenvalue weighted by Crippen LogP contribution is 2.20. The van der Waals surface area contributed by atoms with Crippen LogP contribution in [-0.2, 0) is 9.53 Å². The van der Waals surface area contributed by atoms with Crippen LogP contribution in [0.1, 0.15) is 16.1 Å². The Morgan fingerprint density at radius 2 is 2.18 bits per heavy atom. The van der Waals surface area contributed by atoms with Crippen molar-refractivity contribution in [2.24, 2.45) is 0 Å². The molecule has 0 atom stereocenters. The van der Waals surface area contributed by atoms with E-state index in [1.807, 2.05) is 6.07 Å². The molecule has 0 saturated heterocycles. The van der Waals surface area contributed by atoms with Gasteiger partial charge < -0.3 is 10.1 Å². The third-order valence-electron chi connectivity index (χ3n) is 2.48. The van der Waals surface area contributed by atoms with Gasteiger partial charge in [-0.2, -0.15) is 5.26 Å². The van der Waals surface area contributed by atoms with Crippen molar-refractivity contribution >= 4 is 29.2 Å². The predicted molar refractivity (Wildman–Crippen MR) is 77.1 cm³/mol. The first-order chi connectivity index (χ1) is 10.6. The Labute approximate surface area is 130 Å². The van der Waals surface area contributed by atoms with Crippen molar-refractivity contribution < 1.29 is 14.3 Å². The molecule has 22 heavy (non-hydrogen) atoms. The summed E-state index contributed by atoms with van der Waals surface area (Å²) in [5.74, 6) is -1.37. The van der Waals surface area contributed by atoms with Gasteiger partial charge >= 0.3 is 5.97 Å². The summed E-state index contributed by atoms with van der Waals surface area (Å²) in [5.41, 5.74) is 0.490. The number of hydrogen-bond acceptors (Lipinski definition) is 6. The second kappa shape index (κ2) is 7.15. The lowest BCUT2D eigenvalue weighted by Gasteiger charge is -2.08. The standard InChI is InChI=1S/C14H9ClN4O3/c15-10-2-1-9(6-16)11(5-10)19-13(20)8-22-14(21)12-7-17-3-4-18-12/h1-5,7H,8H2,(H,19,20). The largest absolute Gasteiger partial charge is 0.451 e. The average Bonchev–Trinajstić information content (AvgIpc) is 2.53. The monoisotopic (exact) mass is 316 g/mol. The van der Waals surface area contributed by atoms with Gasteiger partial charge in [-0.25, -0.2) is 9.78 Å². The van der Waals surface area contributed by atoms with E-state index in [1.54, 1.807) is 0 Å². The van der Waals surface area contributed by atoms with E-state index in [9.17, 15) is 9.59 Å². The maximum atomic E-state index is 11.8. The lowest BCUT2D eigenvalue weighted by molar-refractivity contribution is -0.119. The Morgan fingerprint density at radius 1 is 1.36 bits per heavy atom. The number of rotatable bonds is 4. The van der Waals surface area contributed by atoms with Crippen LogP contribution in [0.25, 0.3) is 0 Å². The summed E-state index contributed by atoms with van der Waals surface area (Å²) in [7, 11) is 0. The number of benzene rings is 1. The predicted octanol–water partition coefficient (Wildman–Crippen LogP) is 1.80. The summed E-state index contributed by atoms with van der Waals surface area (Å²) in [6.07, 6.45) is 3.97. The van der Waals surface area contributed by atoms with Crippen LogP contribution in [0.2, 0.25) is 5.02 Å². The van der Waals surface area contributed by atoms with Crippen LogP contribution < -0.4 is 5.32 Å². The Kier molecular flexibility index (Phi) is 5.01. The van der Waals surface area contributed by atoms with Crippen molar-refractivity contribution in [3.63, 3.8) is 0 Å². The van der Waals surface area contributed by atoms with Crippen LogP contribution in [0.5, 0.6) is 0 Å². The highest BCUT2D eigenvalue weighted by atomic mass is 35.5. The van der Waals surface area contributed by atoms with Gasteiger partial charge in [-0.05, 0) is 18.2 Å². The molecule has 1 aromatic heterocycles. The van der Waals surface area contributed by atoms with Gasteiger partial charge in [-0.3, -0.25) is 9.78 Å². The molecule has 2 aromatic rings. The molecule has 7 nitrogen and oxygen atoms in total. The first-order valence-electron chi connectivity index (χ1n) is 6.03. The molecular formula is C14H9ClN4O3. The molecule has 0 unspecified atom stereocenters. The number of nitrogens with one attached hydrogen (secondary N) is 1. The van der Waals surface area contributed by atoms with Crippen LogP contribution in [-0.4, -0.2) is 28.5 Å². The van der Waals surface area contributed by atoms with Crippen LogP contribution in [0.3, 0.4) is 0 Å². The highest BCUT2D eigenvalue weighted by Gasteiger charge is 2.13. The number of halogens is 1. The topological polar surface area (TPSA) is 105 Å². The normalized spacial score (nSPS) is 9.64. The first-order valence-corrected chi connectivity index (χ1v) is 6.40. The van der Waals surface area contributed by atoms with Crippen LogP contribution >= 0.6 is 11.6 Å². The summed E-state index contributed by atoms with van der Waals surface area (Å²) in [4.78, 5) is 30.8. The van der Waals surface area contributed by atoms with Crippen molar-refractivity contribution in [1.82, 2.24) is 9.97 Å². The third-order valence-corrected chi connectivity index (χ3v) is 2.72. The van der Waals surface area contributed by atoms with Gasteiger partial charge in [0.15, 0.2) is 12.3 Å². The zero-order chi connectivity index (χ0) is 15.9. The third kappa shape index (κ3) is 4.01. The summed E-state index contributed by atoms with van der Waals surface area (Å²) in [6.45, 7) is -0.521. The van der Waals surface area contributed by atoms with E-state index in [-0.39, 0.29) is 16.9 Å². The number of carbonyl (C=O) groups excluding carboxylic acids is 2. The number of nitrogens with zero attached hydrogens (tertiary/aromatic N) is 3. The molecule has 0 bridgehead atoms. The van der Waals surface area contributed by atoms with E-state index < -0.39 is 18.5 Å². The van der Waals surface area contributed by atoms with Gasteiger partial charge in [0.2, 0.25) is 0 Å². The second-order valence-electron chi connectivity index (χ2n) is 4.02. The van der Waals surface area contributed by atoms with E-state index in [1.165, 1.54) is 36.8 Å².